The molecule has 0 bridgehead atoms. The fourth-order valence-electron chi connectivity index (χ4n) is 13.4. The van der Waals surface area contributed by atoms with Gasteiger partial charge in [-0.05, 0) is 154 Å². The SMILES string of the molecule is Cc1ccc(N(c2ccc3c(c2)C(C)(C)c2c-3ccc3c2C(C)(C)c2cccc4cccc-3c24)c2ccc3c(c2)C(C)(C)c2c-3ccc3c2C(C)(C)c2cccc4cccc-3c24)cc1. The number of aryl methyl sites for hydroxylation is 1. The molecule has 4 aliphatic rings. The molecule has 0 unspecified atom stereocenters. The number of nitrogens with zero attached hydrogens (tertiary/aromatic N) is 1. The van der Waals surface area contributed by atoms with Crippen molar-refractivity contribution in [2.24, 2.45) is 0 Å². The average Bonchev–Trinajstić information content (AvgIpc) is 3.66. The molecular formula is C63H53N. The molecule has 0 saturated heterocycles. The molecule has 13 rings (SSSR count). The van der Waals surface area contributed by atoms with E-state index in [1.807, 2.05) is 0 Å². The van der Waals surface area contributed by atoms with Gasteiger partial charge in [-0.15, -0.1) is 0 Å². The Labute approximate surface area is 378 Å². The summed E-state index contributed by atoms with van der Waals surface area (Å²) in [5.74, 6) is 0. The monoisotopic (exact) mass is 823 g/mol. The summed E-state index contributed by atoms with van der Waals surface area (Å²) in [6.07, 6.45) is 0. The summed E-state index contributed by atoms with van der Waals surface area (Å²) in [5.41, 5.74) is 26.4. The van der Waals surface area contributed by atoms with Gasteiger partial charge in [-0.3, -0.25) is 0 Å². The summed E-state index contributed by atoms with van der Waals surface area (Å²) in [4.78, 5) is 2.50. The highest BCUT2D eigenvalue weighted by atomic mass is 15.1. The van der Waals surface area contributed by atoms with Gasteiger partial charge < -0.3 is 4.90 Å². The van der Waals surface area contributed by atoms with Crippen LogP contribution in [0.5, 0.6) is 0 Å². The van der Waals surface area contributed by atoms with E-state index in [0.29, 0.717) is 0 Å². The second kappa shape index (κ2) is 12.3. The molecule has 64 heavy (non-hydrogen) atoms. The van der Waals surface area contributed by atoms with Crippen LogP contribution >= 0.6 is 0 Å². The highest BCUT2D eigenvalue weighted by Crippen LogP contribution is 2.61. The minimum atomic E-state index is -0.223. The van der Waals surface area contributed by atoms with Gasteiger partial charge in [0.2, 0.25) is 0 Å². The molecule has 0 N–H and O–H groups in total. The Morgan fingerprint density at radius 3 is 1.03 bits per heavy atom. The Morgan fingerprint density at radius 2 is 0.625 bits per heavy atom. The fraction of sp³-hybridized carbons (Fsp3) is 0.206. The van der Waals surface area contributed by atoms with Gasteiger partial charge in [-0.2, -0.15) is 0 Å². The lowest BCUT2D eigenvalue weighted by Gasteiger charge is -2.39. The second-order valence-electron chi connectivity index (χ2n) is 21.4. The molecule has 310 valence electrons. The Morgan fingerprint density at radius 1 is 0.297 bits per heavy atom. The van der Waals surface area contributed by atoms with Crippen molar-refractivity contribution in [2.75, 3.05) is 4.90 Å². The van der Waals surface area contributed by atoms with E-state index < -0.39 is 0 Å². The van der Waals surface area contributed by atoms with Gasteiger partial charge in [0.25, 0.3) is 0 Å². The first kappa shape index (κ1) is 37.8. The van der Waals surface area contributed by atoms with Gasteiger partial charge >= 0.3 is 0 Å². The normalized spacial score (nSPS) is 16.7. The zero-order chi connectivity index (χ0) is 43.8. The smallest absolute Gasteiger partial charge is 0.0465 e. The average molecular weight is 824 g/mol. The van der Waals surface area contributed by atoms with E-state index in [0.717, 1.165) is 0 Å². The lowest BCUT2D eigenvalue weighted by Crippen LogP contribution is -2.29. The summed E-state index contributed by atoms with van der Waals surface area (Å²) in [6.45, 7) is 21.8. The number of fused-ring (bicyclic) bond motifs is 12. The molecule has 0 atom stereocenters. The van der Waals surface area contributed by atoms with Crippen molar-refractivity contribution in [3.05, 3.63) is 208 Å². The molecule has 0 spiro atoms. The Bertz CT molecular complexity index is 3330. The second-order valence-corrected chi connectivity index (χ2v) is 21.4. The molecule has 9 aromatic rings. The maximum absolute atomic E-state index is 2.51. The third kappa shape index (κ3) is 4.65. The van der Waals surface area contributed by atoms with Crippen LogP contribution < -0.4 is 4.90 Å². The Hall–Kier alpha value is -6.70. The molecule has 0 radical (unpaired) electrons. The third-order valence-electron chi connectivity index (χ3n) is 16.4. The lowest BCUT2D eigenvalue weighted by molar-refractivity contribution is 0.591. The highest BCUT2D eigenvalue weighted by molar-refractivity contribution is 6.06. The number of rotatable bonds is 3. The fourth-order valence-corrected chi connectivity index (χ4v) is 13.4. The van der Waals surface area contributed by atoms with Crippen molar-refractivity contribution >= 4 is 38.6 Å². The number of hydrogen-bond acceptors (Lipinski definition) is 1. The van der Waals surface area contributed by atoms with Crippen LogP contribution in [0.1, 0.15) is 105 Å². The molecule has 9 aromatic carbocycles. The molecule has 0 saturated carbocycles. The van der Waals surface area contributed by atoms with Gasteiger partial charge in [-0.25, -0.2) is 0 Å². The molecule has 0 heterocycles. The summed E-state index contributed by atoms with van der Waals surface area (Å²) < 4.78 is 0. The van der Waals surface area contributed by atoms with Crippen molar-refractivity contribution in [3.8, 4) is 44.5 Å². The third-order valence-corrected chi connectivity index (χ3v) is 16.4. The van der Waals surface area contributed by atoms with E-state index in [1.54, 1.807) is 0 Å². The van der Waals surface area contributed by atoms with Crippen LogP contribution in [0.4, 0.5) is 17.1 Å². The number of benzene rings is 9. The van der Waals surface area contributed by atoms with Crippen LogP contribution in [0.3, 0.4) is 0 Å². The maximum Gasteiger partial charge on any atom is 0.0465 e. The van der Waals surface area contributed by atoms with Crippen LogP contribution in [0.2, 0.25) is 0 Å². The molecule has 1 heteroatoms. The van der Waals surface area contributed by atoms with E-state index in [2.05, 4.69) is 225 Å². The van der Waals surface area contributed by atoms with Gasteiger partial charge in [0.05, 0.1) is 0 Å². The predicted octanol–water partition coefficient (Wildman–Crippen LogP) is 17.0. The molecule has 0 amide bonds. The minimum absolute atomic E-state index is 0.162. The lowest BCUT2D eigenvalue weighted by atomic mass is 9.63. The first-order valence-corrected chi connectivity index (χ1v) is 23.3. The van der Waals surface area contributed by atoms with Gasteiger partial charge in [0, 0.05) is 38.7 Å². The van der Waals surface area contributed by atoms with E-state index in [1.165, 1.54) is 133 Å². The summed E-state index contributed by atoms with van der Waals surface area (Å²) in [5, 5.41) is 5.45. The highest BCUT2D eigenvalue weighted by Gasteiger charge is 2.47. The Kier molecular flexibility index (Phi) is 7.27. The van der Waals surface area contributed by atoms with Crippen molar-refractivity contribution in [3.63, 3.8) is 0 Å². The van der Waals surface area contributed by atoms with Gasteiger partial charge in [0.15, 0.2) is 0 Å². The topological polar surface area (TPSA) is 3.24 Å². The summed E-state index contributed by atoms with van der Waals surface area (Å²) in [6, 6.07) is 60.8. The molecule has 0 aromatic heterocycles. The minimum Gasteiger partial charge on any atom is -0.310 e. The van der Waals surface area contributed by atoms with Crippen LogP contribution in [0.25, 0.3) is 66.1 Å². The van der Waals surface area contributed by atoms with Crippen LogP contribution in [-0.2, 0) is 21.7 Å². The molecule has 0 fully saturated rings. The van der Waals surface area contributed by atoms with Gasteiger partial charge in [0.1, 0.15) is 0 Å². The predicted molar refractivity (Wildman–Crippen MR) is 271 cm³/mol. The van der Waals surface area contributed by atoms with Crippen molar-refractivity contribution in [1.82, 2.24) is 0 Å². The van der Waals surface area contributed by atoms with Crippen molar-refractivity contribution in [1.29, 1.82) is 0 Å². The largest absolute Gasteiger partial charge is 0.310 e. The molecule has 4 aliphatic carbocycles. The number of anilines is 3. The van der Waals surface area contributed by atoms with Crippen LogP contribution in [-0.4, -0.2) is 0 Å². The molecule has 1 nitrogen and oxygen atoms in total. The maximum atomic E-state index is 2.51. The zero-order valence-corrected chi connectivity index (χ0v) is 38.5. The van der Waals surface area contributed by atoms with E-state index >= 15 is 0 Å². The van der Waals surface area contributed by atoms with E-state index in [4.69, 9.17) is 0 Å². The standard InChI is InChI=1S/C63H53N/c1-36-22-24-39(25-23-36)64(40-26-28-42-46-30-32-48-44-18-10-14-37-16-12-20-50(54(37)44)60(2,3)58(48)56(46)62(6,7)52(42)34-40)41-27-29-43-47-31-33-49-45-19-11-15-38-17-13-21-51(55(38)45)61(4,5)59(49)57(47)63(8,9)53(43)35-41/h10-35H,1-9H3. The quantitative estimate of drug-likeness (QED) is 0.172. The first-order chi connectivity index (χ1) is 30.7. The first-order valence-electron chi connectivity index (χ1n) is 23.3. The van der Waals surface area contributed by atoms with Crippen LogP contribution in [0.15, 0.2) is 158 Å². The number of hydrogen-bond donors (Lipinski definition) is 0. The summed E-state index contributed by atoms with van der Waals surface area (Å²) in [7, 11) is 0. The molecular weight excluding hydrogens is 771 g/mol. The van der Waals surface area contributed by atoms with Crippen molar-refractivity contribution < 1.29 is 0 Å². The van der Waals surface area contributed by atoms with Crippen molar-refractivity contribution in [2.45, 2.75) is 84.0 Å². The van der Waals surface area contributed by atoms with Crippen LogP contribution in [0, 0.1) is 6.92 Å². The zero-order valence-electron chi connectivity index (χ0n) is 38.5. The van der Waals surface area contributed by atoms with E-state index in [-0.39, 0.29) is 21.7 Å². The Balaban J connectivity index is 0.967. The molecule has 0 aliphatic heterocycles. The van der Waals surface area contributed by atoms with Gasteiger partial charge in [-0.1, -0.05) is 182 Å². The van der Waals surface area contributed by atoms with E-state index in [9.17, 15) is 0 Å². The summed E-state index contributed by atoms with van der Waals surface area (Å²) >= 11 is 0.